The van der Waals surface area contributed by atoms with E-state index in [1.807, 2.05) is 6.07 Å². The number of H-pyrrole nitrogens is 1. The van der Waals surface area contributed by atoms with Crippen molar-refractivity contribution < 1.29 is 14.3 Å². The lowest BCUT2D eigenvalue weighted by Gasteiger charge is -2.07. The number of ether oxygens (including phenoxy) is 2. The molecular formula is C13H16N2O3. The second kappa shape index (κ2) is 5.10. The van der Waals surface area contributed by atoms with Crippen LogP contribution in [-0.4, -0.2) is 38.6 Å². The molecule has 0 saturated carbocycles. The highest BCUT2D eigenvalue weighted by Gasteiger charge is 2.16. The van der Waals surface area contributed by atoms with Gasteiger partial charge in [0.25, 0.3) is 0 Å². The summed E-state index contributed by atoms with van der Waals surface area (Å²) >= 11 is 0. The van der Waals surface area contributed by atoms with Gasteiger partial charge in [-0.25, -0.2) is 0 Å². The largest absolute Gasteiger partial charge is 0.497 e. The average Bonchev–Trinajstić information content (AvgIpc) is 2.81. The highest BCUT2D eigenvalue weighted by atomic mass is 16.5. The number of ketones is 1. The zero-order valence-corrected chi connectivity index (χ0v) is 10.7. The Morgan fingerprint density at radius 1 is 1.33 bits per heavy atom. The number of methoxy groups -OCH3 is 2. The fraction of sp³-hybridized carbons (Fsp3) is 0.308. The van der Waals surface area contributed by atoms with Crippen molar-refractivity contribution in [2.45, 2.75) is 0 Å². The second-order valence-electron chi connectivity index (χ2n) is 3.91. The zero-order valence-electron chi connectivity index (χ0n) is 10.7. The van der Waals surface area contributed by atoms with E-state index < -0.39 is 0 Å². The molecule has 2 aromatic rings. The summed E-state index contributed by atoms with van der Waals surface area (Å²) in [6.07, 6.45) is 1.70. The van der Waals surface area contributed by atoms with E-state index in [0.717, 1.165) is 10.9 Å². The highest BCUT2D eigenvalue weighted by molar-refractivity contribution is 6.11. The molecule has 1 heterocycles. The Hall–Kier alpha value is -2.01. The second-order valence-corrected chi connectivity index (χ2v) is 3.91. The predicted octanol–water partition coefficient (Wildman–Crippen LogP) is 1.59. The first-order chi connectivity index (χ1) is 8.71. The molecule has 18 heavy (non-hydrogen) atoms. The van der Waals surface area contributed by atoms with Crippen molar-refractivity contribution in [3.63, 3.8) is 0 Å². The highest BCUT2D eigenvalue weighted by Crippen LogP contribution is 2.33. The molecule has 0 amide bonds. The molecule has 0 unspecified atom stereocenters. The lowest BCUT2D eigenvalue weighted by atomic mass is 10.1. The van der Waals surface area contributed by atoms with Crippen LogP contribution in [0, 0.1) is 0 Å². The van der Waals surface area contributed by atoms with Crippen molar-refractivity contribution in [2.24, 2.45) is 0 Å². The molecule has 0 aliphatic heterocycles. The number of fused-ring (bicyclic) bond motifs is 1. The maximum Gasteiger partial charge on any atom is 0.178 e. The minimum Gasteiger partial charge on any atom is -0.497 e. The molecule has 1 aromatic carbocycles. The van der Waals surface area contributed by atoms with Crippen molar-refractivity contribution in [1.82, 2.24) is 10.3 Å². The van der Waals surface area contributed by atoms with Gasteiger partial charge in [0.2, 0.25) is 0 Å². The van der Waals surface area contributed by atoms with Crippen molar-refractivity contribution in [1.29, 1.82) is 0 Å². The van der Waals surface area contributed by atoms with Gasteiger partial charge in [-0.1, -0.05) is 0 Å². The van der Waals surface area contributed by atoms with Crippen LogP contribution in [0.5, 0.6) is 11.5 Å². The fourth-order valence-electron chi connectivity index (χ4n) is 1.96. The summed E-state index contributed by atoms with van der Waals surface area (Å²) in [5.41, 5.74) is 1.45. The van der Waals surface area contributed by atoms with Crippen LogP contribution >= 0.6 is 0 Å². The molecule has 2 N–H and O–H groups in total. The van der Waals surface area contributed by atoms with Gasteiger partial charge in [0.15, 0.2) is 5.78 Å². The van der Waals surface area contributed by atoms with Gasteiger partial charge in [-0.2, -0.15) is 0 Å². The van der Waals surface area contributed by atoms with E-state index in [4.69, 9.17) is 9.47 Å². The first kappa shape index (κ1) is 12.4. The molecule has 1 aromatic heterocycles. The summed E-state index contributed by atoms with van der Waals surface area (Å²) < 4.78 is 10.5. The van der Waals surface area contributed by atoms with Crippen LogP contribution in [0.15, 0.2) is 18.3 Å². The van der Waals surface area contributed by atoms with Gasteiger partial charge in [-0.3, -0.25) is 4.79 Å². The monoisotopic (exact) mass is 248 g/mol. The van der Waals surface area contributed by atoms with Gasteiger partial charge in [0, 0.05) is 23.9 Å². The van der Waals surface area contributed by atoms with Gasteiger partial charge in [-0.05, 0) is 7.05 Å². The number of carbonyl (C=O) groups excluding carboxylic acids is 1. The van der Waals surface area contributed by atoms with E-state index >= 15 is 0 Å². The van der Waals surface area contributed by atoms with E-state index in [2.05, 4.69) is 10.3 Å². The summed E-state index contributed by atoms with van der Waals surface area (Å²) in [7, 11) is 4.91. The fourth-order valence-corrected chi connectivity index (χ4v) is 1.96. The Labute approximate surface area is 105 Å². The summed E-state index contributed by atoms with van der Waals surface area (Å²) in [6.45, 7) is 0.294. The van der Waals surface area contributed by atoms with E-state index in [9.17, 15) is 4.79 Å². The number of aromatic nitrogens is 1. The van der Waals surface area contributed by atoms with Crippen LogP contribution in [0.4, 0.5) is 0 Å². The van der Waals surface area contributed by atoms with Crippen molar-refractivity contribution >= 4 is 16.7 Å². The molecule has 0 radical (unpaired) electrons. The van der Waals surface area contributed by atoms with Crippen molar-refractivity contribution in [3.05, 3.63) is 23.9 Å². The summed E-state index contributed by atoms with van der Waals surface area (Å²) in [6, 6.07) is 3.61. The van der Waals surface area contributed by atoms with Crippen LogP contribution in [0.2, 0.25) is 0 Å². The van der Waals surface area contributed by atoms with Gasteiger partial charge >= 0.3 is 0 Å². The molecule has 5 heteroatoms. The first-order valence-corrected chi connectivity index (χ1v) is 5.62. The number of hydrogen-bond acceptors (Lipinski definition) is 4. The molecule has 0 aliphatic rings. The molecule has 0 saturated heterocycles. The minimum absolute atomic E-state index is 0.0206. The smallest absolute Gasteiger partial charge is 0.178 e. The third-order valence-corrected chi connectivity index (χ3v) is 2.81. The molecule has 0 atom stereocenters. The Morgan fingerprint density at radius 3 is 2.72 bits per heavy atom. The molecule has 0 fully saturated rings. The van der Waals surface area contributed by atoms with E-state index in [-0.39, 0.29) is 5.78 Å². The summed E-state index contributed by atoms with van der Waals surface area (Å²) in [4.78, 5) is 15.0. The Morgan fingerprint density at radius 2 is 2.11 bits per heavy atom. The number of hydrogen-bond donors (Lipinski definition) is 2. The molecule has 96 valence electrons. The van der Waals surface area contributed by atoms with Crippen molar-refractivity contribution in [3.8, 4) is 11.5 Å². The molecular weight excluding hydrogens is 232 g/mol. The number of benzene rings is 1. The molecule has 0 aliphatic carbocycles. The third kappa shape index (κ3) is 2.04. The van der Waals surface area contributed by atoms with Crippen LogP contribution in [0.25, 0.3) is 10.9 Å². The average molecular weight is 248 g/mol. The van der Waals surface area contributed by atoms with Crippen LogP contribution in [0.1, 0.15) is 10.4 Å². The first-order valence-electron chi connectivity index (χ1n) is 5.62. The van der Waals surface area contributed by atoms with Gasteiger partial charge in [0.05, 0.1) is 31.7 Å². The molecule has 0 spiro atoms. The lowest BCUT2D eigenvalue weighted by molar-refractivity contribution is 0.0995. The maximum absolute atomic E-state index is 12.0. The molecule has 2 rings (SSSR count). The van der Waals surface area contributed by atoms with Gasteiger partial charge < -0.3 is 19.8 Å². The predicted molar refractivity (Wildman–Crippen MR) is 69.7 cm³/mol. The SMILES string of the molecule is CNCC(=O)c1c[nH]c2cc(OC)cc(OC)c12. The van der Waals surface area contributed by atoms with Crippen LogP contribution in [0.3, 0.4) is 0 Å². The normalized spacial score (nSPS) is 10.6. The molecule has 0 bridgehead atoms. The maximum atomic E-state index is 12.0. The topological polar surface area (TPSA) is 63.4 Å². The van der Waals surface area contributed by atoms with E-state index in [1.165, 1.54) is 0 Å². The van der Waals surface area contributed by atoms with Gasteiger partial charge in [0.1, 0.15) is 11.5 Å². The van der Waals surface area contributed by atoms with E-state index in [0.29, 0.717) is 23.6 Å². The number of Topliss-reactive ketones (excluding diaryl/α,β-unsaturated/α-hetero) is 1. The minimum atomic E-state index is 0.0206. The lowest BCUT2D eigenvalue weighted by Crippen LogP contribution is -2.18. The Bertz CT molecular complexity index is 575. The van der Waals surface area contributed by atoms with E-state index in [1.54, 1.807) is 33.5 Å². The van der Waals surface area contributed by atoms with Crippen LogP contribution < -0.4 is 14.8 Å². The number of rotatable bonds is 5. The Balaban J connectivity index is 2.60. The molecule has 5 nitrogen and oxygen atoms in total. The third-order valence-electron chi connectivity index (χ3n) is 2.81. The van der Waals surface area contributed by atoms with Crippen molar-refractivity contribution in [2.75, 3.05) is 27.8 Å². The summed E-state index contributed by atoms with van der Waals surface area (Å²) in [5.74, 6) is 1.34. The number of carbonyl (C=O) groups is 1. The Kier molecular flexibility index (Phi) is 3.53. The quantitative estimate of drug-likeness (QED) is 0.789. The number of likely N-dealkylation sites (N-methyl/N-ethyl adjacent to an activating group) is 1. The number of aromatic amines is 1. The van der Waals surface area contributed by atoms with Crippen LogP contribution in [-0.2, 0) is 0 Å². The van der Waals surface area contributed by atoms with Gasteiger partial charge in [-0.15, -0.1) is 0 Å². The summed E-state index contributed by atoms with van der Waals surface area (Å²) in [5, 5.41) is 3.64. The zero-order chi connectivity index (χ0) is 13.1. The standard InChI is InChI=1S/C13H16N2O3/c1-14-7-11(16)9-6-15-10-4-8(17-2)5-12(18-3)13(9)10/h4-6,14-15H,7H2,1-3H3. The number of nitrogens with one attached hydrogen (secondary N) is 2.